The minimum absolute atomic E-state index is 0.0552. The first-order valence-electron chi connectivity index (χ1n) is 15.2. The van der Waals surface area contributed by atoms with Crippen LogP contribution in [0.3, 0.4) is 0 Å². The molecule has 3 aliphatic rings. The van der Waals surface area contributed by atoms with Crippen molar-refractivity contribution >= 4 is 17.9 Å². The van der Waals surface area contributed by atoms with Gasteiger partial charge in [-0.3, -0.25) is 9.59 Å². The van der Waals surface area contributed by atoms with Gasteiger partial charge in [0, 0.05) is 18.4 Å². The molecule has 0 spiro atoms. The molecule has 3 heterocycles. The number of rotatable bonds is 6. The van der Waals surface area contributed by atoms with Crippen molar-refractivity contribution in [2.24, 2.45) is 11.8 Å². The van der Waals surface area contributed by atoms with E-state index >= 15 is 0 Å². The van der Waals surface area contributed by atoms with Gasteiger partial charge in [-0.1, -0.05) is 61.4 Å². The second-order valence-electron chi connectivity index (χ2n) is 11.8. The fraction of sp³-hybridized carbons (Fsp3) is 0.618. The van der Waals surface area contributed by atoms with Gasteiger partial charge in [0.15, 0.2) is 0 Å². The van der Waals surface area contributed by atoms with Crippen molar-refractivity contribution < 1.29 is 38.1 Å². The Morgan fingerprint density at radius 2 is 1.62 bits per heavy atom. The molecule has 7 atom stereocenters. The van der Waals surface area contributed by atoms with Crippen molar-refractivity contribution in [2.45, 2.75) is 109 Å². The average molecular weight is 585 g/mol. The molecule has 0 N–H and O–H groups in total. The maximum atomic E-state index is 13.2. The molecule has 8 nitrogen and oxygen atoms in total. The van der Waals surface area contributed by atoms with Gasteiger partial charge in [0.1, 0.15) is 6.10 Å². The maximum Gasteiger partial charge on any atom is 0.330 e. The van der Waals surface area contributed by atoms with Crippen LogP contribution < -0.4 is 0 Å². The second kappa shape index (κ2) is 17.2. The van der Waals surface area contributed by atoms with E-state index in [1.165, 1.54) is 20.3 Å². The summed E-state index contributed by atoms with van der Waals surface area (Å²) >= 11 is 0. The van der Waals surface area contributed by atoms with Crippen LogP contribution >= 0.6 is 0 Å². The molecule has 3 aliphatic heterocycles. The Morgan fingerprint density at radius 3 is 2.36 bits per heavy atom. The molecular weight excluding hydrogens is 536 g/mol. The normalized spacial score (nSPS) is 33.4. The quantitative estimate of drug-likeness (QED) is 0.121. The Bertz CT molecular complexity index is 1070. The molecule has 8 heteroatoms. The Hall–Kier alpha value is -2.97. The van der Waals surface area contributed by atoms with Gasteiger partial charge in [-0.05, 0) is 57.4 Å². The lowest BCUT2D eigenvalue weighted by Gasteiger charge is -2.37. The first kappa shape index (κ1) is 33.5. The molecule has 0 radical (unpaired) electrons. The first-order valence-corrected chi connectivity index (χ1v) is 15.2. The number of esters is 3. The van der Waals surface area contributed by atoms with Crippen LogP contribution in [0.15, 0.2) is 59.8 Å². The monoisotopic (exact) mass is 584 g/mol. The zero-order valence-corrected chi connectivity index (χ0v) is 25.8. The topological polar surface area (TPSA) is 97.4 Å². The summed E-state index contributed by atoms with van der Waals surface area (Å²) in [5, 5.41) is 0. The fourth-order valence-electron chi connectivity index (χ4n) is 5.75. The molecule has 0 unspecified atom stereocenters. The van der Waals surface area contributed by atoms with E-state index < -0.39 is 18.2 Å². The van der Waals surface area contributed by atoms with E-state index in [4.69, 9.17) is 23.7 Å². The van der Waals surface area contributed by atoms with Gasteiger partial charge in [-0.25, -0.2) is 4.79 Å². The molecule has 2 fully saturated rings. The van der Waals surface area contributed by atoms with Crippen LogP contribution in [0.25, 0.3) is 0 Å². The van der Waals surface area contributed by atoms with E-state index in [2.05, 4.69) is 19.1 Å². The van der Waals surface area contributed by atoms with E-state index in [1.807, 2.05) is 44.2 Å². The van der Waals surface area contributed by atoms with Crippen LogP contribution in [-0.2, 0) is 38.1 Å². The number of hydrogen-bond acceptors (Lipinski definition) is 8. The number of methoxy groups -OCH3 is 2. The molecule has 0 aliphatic carbocycles. The van der Waals surface area contributed by atoms with Crippen molar-refractivity contribution in [1.82, 2.24) is 0 Å². The van der Waals surface area contributed by atoms with Gasteiger partial charge < -0.3 is 23.7 Å². The van der Waals surface area contributed by atoms with Gasteiger partial charge >= 0.3 is 17.9 Å². The Balaban J connectivity index is 1.80. The molecule has 0 aromatic rings. The van der Waals surface area contributed by atoms with Gasteiger partial charge in [0.05, 0.1) is 51.5 Å². The summed E-state index contributed by atoms with van der Waals surface area (Å²) in [7, 11) is 2.74. The largest absolute Gasteiger partial charge is 0.469 e. The van der Waals surface area contributed by atoms with Gasteiger partial charge in [-0.15, -0.1) is 0 Å². The standard InChI is InChI=1S/C34H48O8/c1-23(17-32(35)38-4)10-7-6-8-13-31-25(3)15-14-24(2)16-27-11-9-12-28(40-27)21-29-18-26(20-33(36)39-5)19-30(41-29)22-34(37)42-31/h6-8,10,13-15,20,24-25,27-31H,9,11-12,16-19,21-22H2,1-5H3/b7-6-,13-8+,15-14-,23-10+,26-20-/t24-,25-,27+,28-,29+,30-,31-/m1/s1. The van der Waals surface area contributed by atoms with E-state index in [0.717, 1.165) is 43.3 Å². The number of hydrogen-bond donors (Lipinski definition) is 0. The Labute approximate surface area is 250 Å². The average Bonchev–Trinajstić information content (AvgIpc) is 2.94. The van der Waals surface area contributed by atoms with Crippen LogP contribution in [0, 0.1) is 11.8 Å². The summed E-state index contributed by atoms with van der Waals surface area (Å²) in [5.74, 6) is -0.764. The SMILES string of the molecule is COC(=O)/C=C1\C[C@@H]2CC(=O)O[C@H](/C=C/C=C\C=C(/C)CC(=O)OC)[C@H](C)/C=C\[C@@H](C)C[C@@H]3CCC[C@H](C[C@H](C1)O2)O3. The zero-order valence-electron chi connectivity index (χ0n) is 25.8. The van der Waals surface area contributed by atoms with Crippen molar-refractivity contribution in [2.75, 3.05) is 14.2 Å². The zero-order chi connectivity index (χ0) is 30.5. The fourth-order valence-corrected chi connectivity index (χ4v) is 5.75. The van der Waals surface area contributed by atoms with Gasteiger partial charge in [0.2, 0.25) is 0 Å². The van der Waals surface area contributed by atoms with Crippen LogP contribution in [0.2, 0.25) is 0 Å². The smallest absolute Gasteiger partial charge is 0.330 e. The molecule has 232 valence electrons. The minimum Gasteiger partial charge on any atom is -0.469 e. The highest BCUT2D eigenvalue weighted by Crippen LogP contribution is 2.33. The predicted molar refractivity (Wildman–Crippen MR) is 160 cm³/mol. The molecule has 3 rings (SSSR count). The van der Waals surface area contributed by atoms with E-state index in [1.54, 1.807) is 0 Å². The first-order chi connectivity index (χ1) is 20.1. The second-order valence-corrected chi connectivity index (χ2v) is 11.8. The number of ether oxygens (including phenoxy) is 5. The number of carbonyl (C=O) groups is 3. The summed E-state index contributed by atoms with van der Waals surface area (Å²) in [6, 6.07) is 0. The molecule has 0 amide bonds. The predicted octanol–water partition coefficient (Wildman–Crippen LogP) is 6.12. The number of carbonyl (C=O) groups excluding carboxylic acids is 3. The summed E-state index contributed by atoms with van der Waals surface area (Å²) in [6.07, 6.45) is 20.7. The molecule has 0 aromatic heterocycles. The molecule has 0 saturated carbocycles. The number of fused-ring (bicyclic) bond motifs is 4. The van der Waals surface area contributed by atoms with Gasteiger partial charge in [-0.2, -0.15) is 0 Å². The molecule has 4 bridgehead atoms. The van der Waals surface area contributed by atoms with Crippen LogP contribution in [0.4, 0.5) is 0 Å². The van der Waals surface area contributed by atoms with Crippen LogP contribution in [-0.4, -0.2) is 62.6 Å². The number of allylic oxidation sites excluding steroid dienone is 5. The van der Waals surface area contributed by atoms with E-state index in [9.17, 15) is 14.4 Å². The van der Waals surface area contributed by atoms with Crippen molar-refractivity contribution in [3.63, 3.8) is 0 Å². The molecular formula is C34H48O8. The lowest BCUT2D eigenvalue weighted by atomic mass is 9.89. The molecule has 2 saturated heterocycles. The lowest BCUT2D eigenvalue weighted by molar-refractivity contribution is -0.154. The van der Waals surface area contributed by atoms with E-state index in [-0.39, 0.29) is 49.0 Å². The summed E-state index contributed by atoms with van der Waals surface area (Å²) < 4.78 is 28.5. The van der Waals surface area contributed by atoms with Crippen molar-refractivity contribution in [1.29, 1.82) is 0 Å². The highest BCUT2D eigenvalue weighted by molar-refractivity contribution is 5.82. The van der Waals surface area contributed by atoms with Crippen molar-refractivity contribution in [3.8, 4) is 0 Å². The highest BCUT2D eigenvalue weighted by Gasteiger charge is 2.33. The highest BCUT2D eigenvalue weighted by atomic mass is 16.6. The molecule has 42 heavy (non-hydrogen) atoms. The van der Waals surface area contributed by atoms with E-state index in [0.29, 0.717) is 18.8 Å². The van der Waals surface area contributed by atoms with Crippen LogP contribution in [0.1, 0.15) is 78.6 Å². The third-order valence-electron chi connectivity index (χ3n) is 7.96. The lowest BCUT2D eigenvalue weighted by Crippen LogP contribution is -2.37. The third-order valence-corrected chi connectivity index (χ3v) is 7.96. The summed E-state index contributed by atoms with van der Waals surface area (Å²) in [6.45, 7) is 6.10. The Kier molecular flexibility index (Phi) is 13.7. The number of cyclic esters (lactones) is 1. The van der Waals surface area contributed by atoms with Gasteiger partial charge in [0.25, 0.3) is 0 Å². The maximum absolute atomic E-state index is 13.2. The summed E-state index contributed by atoms with van der Waals surface area (Å²) in [4.78, 5) is 36.7. The third kappa shape index (κ3) is 11.7. The molecule has 0 aromatic carbocycles. The minimum atomic E-state index is -0.474. The summed E-state index contributed by atoms with van der Waals surface area (Å²) in [5.41, 5.74) is 1.80. The van der Waals surface area contributed by atoms with Crippen LogP contribution in [0.5, 0.6) is 0 Å². The Morgan fingerprint density at radius 1 is 0.905 bits per heavy atom. The van der Waals surface area contributed by atoms with Crippen molar-refractivity contribution in [3.05, 3.63) is 59.8 Å².